The predicted octanol–water partition coefficient (Wildman–Crippen LogP) is 3.43. The average Bonchev–Trinajstić information content (AvgIpc) is 3.20. The van der Waals surface area contributed by atoms with Crippen molar-refractivity contribution >= 4 is 46.4 Å². The van der Waals surface area contributed by atoms with E-state index >= 15 is 0 Å². The van der Waals surface area contributed by atoms with Crippen LogP contribution in [0, 0.1) is 5.92 Å². The van der Waals surface area contributed by atoms with Gasteiger partial charge in [0.15, 0.2) is 11.1 Å². The second-order valence-electron chi connectivity index (χ2n) is 6.81. The number of anilines is 1. The third-order valence-corrected chi connectivity index (χ3v) is 5.06. The Balaban J connectivity index is 0.00000261. The lowest BCUT2D eigenvalue weighted by Gasteiger charge is -2.35. The van der Waals surface area contributed by atoms with Gasteiger partial charge < -0.3 is 20.3 Å². The fourth-order valence-corrected chi connectivity index (χ4v) is 3.42. The number of aliphatic imine (C=N–C) groups is 1. The normalized spacial score (nSPS) is 15.0. The lowest BCUT2D eigenvalue weighted by molar-refractivity contribution is 0.271. The van der Waals surface area contributed by atoms with Gasteiger partial charge >= 0.3 is 0 Å². The molecule has 1 aromatic heterocycles. The molecule has 0 bridgehead atoms. The minimum absolute atomic E-state index is 0. The van der Waals surface area contributed by atoms with Crippen molar-refractivity contribution in [2.24, 2.45) is 16.6 Å². The molecule has 1 aliphatic heterocycles. The summed E-state index contributed by atoms with van der Waals surface area (Å²) in [4.78, 5) is 13.4. The number of piperazine rings is 1. The molecule has 0 saturated carbocycles. The Morgan fingerprint density at radius 3 is 2.52 bits per heavy atom. The number of aromatic nitrogens is 1. The van der Waals surface area contributed by atoms with Gasteiger partial charge in [0.1, 0.15) is 5.75 Å². The van der Waals surface area contributed by atoms with Crippen LogP contribution in [0.15, 0.2) is 40.8 Å². The zero-order chi connectivity index (χ0) is 18.4. The zero-order valence-corrected chi connectivity index (χ0v) is 19.0. The second kappa shape index (κ2) is 10.7. The van der Waals surface area contributed by atoms with Gasteiger partial charge in [0.25, 0.3) is 0 Å². The van der Waals surface area contributed by atoms with Crippen LogP contribution < -0.4 is 15.4 Å². The molecule has 3 rings (SSSR count). The summed E-state index contributed by atoms with van der Waals surface area (Å²) < 4.78 is 5.71. The highest BCUT2D eigenvalue weighted by molar-refractivity contribution is 14.0. The molecule has 6 nitrogen and oxygen atoms in total. The number of rotatable bonds is 6. The van der Waals surface area contributed by atoms with Gasteiger partial charge in [-0.1, -0.05) is 26.0 Å². The molecular weight excluding hydrogens is 473 g/mol. The first kappa shape index (κ1) is 21.7. The van der Waals surface area contributed by atoms with Crippen LogP contribution in [-0.4, -0.2) is 48.6 Å². The maximum atomic E-state index is 6.19. The standard InChI is InChI=1S/C19H27N5OS.HI/c1-15(2)14-25-17-5-3-16(4-6-17)13-22-18(20)23-8-10-24(11-9-23)19-21-7-12-26-19;/h3-7,12,15H,8-11,13-14H2,1-2H3,(H2,20,22);1H. The smallest absolute Gasteiger partial charge is 0.191 e. The van der Waals surface area contributed by atoms with Crippen molar-refractivity contribution in [3.8, 4) is 5.75 Å². The molecule has 0 radical (unpaired) electrons. The minimum Gasteiger partial charge on any atom is -0.493 e. The van der Waals surface area contributed by atoms with E-state index in [0.717, 1.165) is 49.2 Å². The average molecular weight is 501 g/mol. The molecule has 2 aromatic rings. The third-order valence-electron chi connectivity index (χ3n) is 4.22. The van der Waals surface area contributed by atoms with Crippen molar-refractivity contribution in [1.82, 2.24) is 9.88 Å². The van der Waals surface area contributed by atoms with Crippen LogP contribution in [0.1, 0.15) is 19.4 Å². The molecule has 0 unspecified atom stereocenters. The van der Waals surface area contributed by atoms with E-state index in [2.05, 4.69) is 33.6 Å². The van der Waals surface area contributed by atoms with Crippen LogP contribution in [0.2, 0.25) is 0 Å². The van der Waals surface area contributed by atoms with Crippen LogP contribution in [0.4, 0.5) is 5.13 Å². The van der Waals surface area contributed by atoms with Crippen LogP contribution in [0.5, 0.6) is 5.75 Å². The highest BCUT2D eigenvalue weighted by atomic mass is 127. The third kappa shape index (κ3) is 6.53. The number of ether oxygens (including phenoxy) is 1. The molecule has 2 N–H and O–H groups in total. The Bertz CT molecular complexity index is 697. The molecule has 1 fully saturated rings. The van der Waals surface area contributed by atoms with E-state index < -0.39 is 0 Å². The van der Waals surface area contributed by atoms with E-state index in [1.807, 2.05) is 35.8 Å². The highest BCUT2D eigenvalue weighted by Gasteiger charge is 2.19. The second-order valence-corrected chi connectivity index (χ2v) is 7.69. The lowest BCUT2D eigenvalue weighted by Crippen LogP contribution is -2.51. The number of nitrogens with zero attached hydrogens (tertiary/aromatic N) is 4. The van der Waals surface area contributed by atoms with Crippen molar-refractivity contribution in [2.45, 2.75) is 20.4 Å². The number of guanidine groups is 1. The quantitative estimate of drug-likeness (QED) is 0.373. The fourth-order valence-electron chi connectivity index (χ4n) is 2.73. The number of hydrogen-bond donors (Lipinski definition) is 1. The number of halogens is 1. The van der Waals surface area contributed by atoms with Crippen LogP contribution in [0.25, 0.3) is 0 Å². The first-order chi connectivity index (χ1) is 12.6. The number of nitrogens with two attached hydrogens (primary N) is 1. The predicted molar refractivity (Wildman–Crippen MR) is 123 cm³/mol. The van der Waals surface area contributed by atoms with E-state index in [-0.39, 0.29) is 24.0 Å². The molecule has 0 atom stereocenters. The topological polar surface area (TPSA) is 67.0 Å². The monoisotopic (exact) mass is 501 g/mol. The Hall–Kier alpha value is -1.55. The number of hydrogen-bond acceptors (Lipinski definition) is 5. The molecule has 0 aliphatic carbocycles. The van der Waals surface area contributed by atoms with E-state index in [1.54, 1.807) is 11.3 Å². The Morgan fingerprint density at radius 2 is 1.93 bits per heavy atom. The Morgan fingerprint density at radius 1 is 1.22 bits per heavy atom. The first-order valence-electron chi connectivity index (χ1n) is 9.03. The summed E-state index contributed by atoms with van der Waals surface area (Å²) in [5, 5.41) is 3.09. The summed E-state index contributed by atoms with van der Waals surface area (Å²) in [6, 6.07) is 8.09. The van der Waals surface area contributed by atoms with E-state index in [9.17, 15) is 0 Å². The van der Waals surface area contributed by atoms with Gasteiger partial charge in [0, 0.05) is 37.8 Å². The van der Waals surface area contributed by atoms with Crippen molar-refractivity contribution in [2.75, 3.05) is 37.7 Å². The van der Waals surface area contributed by atoms with Crippen LogP contribution in [-0.2, 0) is 6.54 Å². The summed E-state index contributed by atoms with van der Waals surface area (Å²) in [6.07, 6.45) is 1.85. The van der Waals surface area contributed by atoms with Gasteiger partial charge in [0.2, 0.25) is 0 Å². The van der Waals surface area contributed by atoms with Gasteiger partial charge in [-0.3, -0.25) is 0 Å². The van der Waals surface area contributed by atoms with Crippen molar-refractivity contribution < 1.29 is 4.74 Å². The summed E-state index contributed by atoms with van der Waals surface area (Å²) in [7, 11) is 0. The zero-order valence-electron chi connectivity index (χ0n) is 15.9. The van der Waals surface area contributed by atoms with Gasteiger partial charge in [-0.15, -0.1) is 35.3 Å². The summed E-state index contributed by atoms with van der Waals surface area (Å²) in [5.41, 5.74) is 7.32. The molecule has 148 valence electrons. The molecule has 1 saturated heterocycles. The van der Waals surface area contributed by atoms with E-state index in [4.69, 9.17) is 10.5 Å². The first-order valence-corrected chi connectivity index (χ1v) is 9.91. The van der Waals surface area contributed by atoms with E-state index in [1.165, 1.54) is 0 Å². The summed E-state index contributed by atoms with van der Waals surface area (Å²) in [5.74, 6) is 2.04. The van der Waals surface area contributed by atoms with Gasteiger partial charge in [0.05, 0.1) is 13.2 Å². The van der Waals surface area contributed by atoms with Crippen molar-refractivity contribution in [1.29, 1.82) is 0 Å². The largest absolute Gasteiger partial charge is 0.493 e. The lowest BCUT2D eigenvalue weighted by atomic mass is 10.2. The summed E-state index contributed by atoms with van der Waals surface area (Å²) in [6.45, 7) is 9.19. The summed E-state index contributed by atoms with van der Waals surface area (Å²) >= 11 is 1.68. The number of thiazole rings is 1. The molecule has 0 spiro atoms. The molecule has 2 heterocycles. The maximum Gasteiger partial charge on any atom is 0.191 e. The van der Waals surface area contributed by atoms with E-state index in [0.29, 0.717) is 18.4 Å². The van der Waals surface area contributed by atoms with Crippen molar-refractivity contribution in [3.63, 3.8) is 0 Å². The molecule has 27 heavy (non-hydrogen) atoms. The molecule has 8 heteroatoms. The molecule has 1 aliphatic rings. The molecular formula is C19H28IN5OS. The van der Waals surface area contributed by atoms with Gasteiger partial charge in [-0.05, 0) is 23.6 Å². The van der Waals surface area contributed by atoms with Gasteiger partial charge in [-0.2, -0.15) is 0 Å². The SMILES string of the molecule is CC(C)COc1ccc(CN=C(N)N2CCN(c3nccs3)CC2)cc1.I. The van der Waals surface area contributed by atoms with Crippen LogP contribution in [0.3, 0.4) is 0 Å². The Labute approximate surface area is 182 Å². The Kier molecular flexibility index (Phi) is 8.62. The van der Waals surface area contributed by atoms with Crippen molar-refractivity contribution in [3.05, 3.63) is 41.4 Å². The minimum atomic E-state index is 0. The highest BCUT2D eigenvalue weighted by Crippen LogP contribution is 2.19. The van der Waals surface area contributed by atoms with Gasteiger partial charge in [-0.25, -0.2) is 9.98 Å². The molecule has 0 amide bonds. The number of benzene rings is 1. The fraction of sp³-hybridized carbons (Fsp3) is 0.474. The van der Waals surface area contributed by atoms with Crippen LogP contribution >= 0.6 is 35.3 Å². The molecule has 1 aromatic carbocycles. The maximum absolute atomic E-state index is 6.19.